The number of carbonyl (C=O) groups is 1. The molecule has 0 N–H and O–H groups in total. The molecule has 102 valence electrons. The number of ether oxygens (including phenoxy) is 1. The average molecular weight is 259 g/mol. The van der Waals surface area contributed by atoms with Crippen molar-refractivity contribution in [1.82, 2.24) is 4.90 Å². The Hall–Kier alpha value is -1.35. The topological polar surface area (TPSA) is 29.5 Å². The van der Waals surface area contributed by atoms with E-state index in [4.69, 9.17) is 4.74 Å². The molecule has 1 saturated heterocycles. The van der Waals surface area contributed by atoms with Crippen LogP contribution in [0.1, 0.15) is 24.8 Å². The van der Waals surface area contributed by atoms with Crippen LogP contribution in [-0.2, 0) is 16.1 Å². The highest BCUT2D eigenvalue weighted by molar-refractivity contribution is 5.77. The first-order valence-corrected chi connectivity index (χ1v) is 7.09. The van der Waals surface area contributed by atoms with Gasteiger partial charge in [-0.3, -0.25) is 4.79 Å². The molecular formula is C16H21NO2. The fourth-order valence-electron chi connectivity index (χ4n) is 3.13. The van der Waals surface area contributed by atoms with Crippen LogP contribution in [0.2, 0.25) is 0 Å². The molecule has 0 amide bonds. The SMILES string of the molecule is CN1CCC2(CC1)C[C@@H]2C(=O)OCc1ccccc1. The van der Waals surface area contributed by atoms with Crippen LogP contribution < -0.4 is 0 Å². The minimum atomic E-state index is 0.00778. The maximum absolute atomic E-state index is 12.1. The number of carbonyl (C=O) groups excluding carboxylic acids is 1. The molecule has 2 fully saturated rings. The summed E-state index contributed by atoms with van der Waals surface area (Å²) in [5.41, 5.74) is 1.34. The second-order valence-corrected chi connectivity index (χ2v) is 6.02. The molecule has 1 saturated carbocycles. The zero-order valence-corrected chi connectivity index (χ0v) is 11.5. The number of likely N-dealkylation sites (tertiary alicyclic amines) is 1. The third-order valence-corrected chi connectivity index (χ3v) is 4.68. The van der Waals surface area contributed by atoms with Gasteiger partial charge < -0.3 is 9.64 Å². The van der Waals surface area contributed by atoms with Gasteiger partial charge >= 0.3 is 5.97 Å². The van der Waals surface area contributed by atoms with Gasteiger partial charge in [-0.2, -0.15) is 0 Å². The number of rotatable bonds is 3. The largest absolute Gasteiger partial charge is 0.461 e. The smallest absolute Gasteiger partial charge is 0.309 e. The lowest BCUT2D eigenvalue weighted by atomic mass is 9.91. The molecular weight excluding hydrogens is 238 g/mol. The highest BCUT2D eigenvalue weighted by Crippen LogP contribution is 2.59. The van der Waals surface area contributed by atoms with E-state index >= 15 is 0 Å². The Morgan fingerprint density at radius 2 is 2.00 bits per heavy atom. The van der Waals surface area contributed by atoms with E-state index in [0.717, 1.165) is 37.9 Å². The van der Waals surface area contributed by atoms with Gasteiger partial charge in [0.05, 0.1) is 5.92 Å². The summed E-state index contributed by atoms with van der Waals surface area (Å²) in [7, 11) is 2.15. The van der Waals surface area contributed by atoms with E-state index in [2.05, 4.69) is 11.9 Å². The Morgan fingerprint density at radius 1 is 1.32 bits per heavy atom. The number of hydrogen-bond donors (Lipinski definition) is 0. The van der Waals surface area contributed by atoms with Crippen molar-refractivity contribution < 1.29 is 9.53 Å². The third-order valence-electron chi connectivity index (χ3n) is 4.68. The summed E-state index contributed by atoms with van der Waals surface area (Å²) < 4.78 is 5.45. The van der Waals surface area contributed by atoms with E-state index in [1.54, 1.807) is 0 Å². The number of nitrogens with zero attached hydrogens (tertiary/aromatic N) is 1. The molecule has 3 rings (SSSR count). The van der Waals surface area contributed by atoms with E-state index in [0.29, 0.717) is 6.61 Å². The van der Waals surface area contributed by atoms with E-state index in [1.807, 2.05) is 30.3 Å². The Kier molecular flexibility index (Phi) is 3.31. The molecule has 0 bridgehead atoms. The van der Waals surface area contributed by atoms with Crippen LogP contribution in [0.5, 0.6) is 0 Å². The molecule has 0 radical (unpaired) electrons. The molecule has 19 heavy (non-hydrogen) atoms. The van der Waals surface area contributed by atoms with Crippen LogP contribution in [0, 0.1) is 11.3 Å². The second kappa shape index (κ2) is 4.97. The molecule has 1 aliphatic carbocycles. The van der Waals surface area contributed by atoms with E-state index in [9.17, 15) is 4.79 Å². The maximum atomic E-state index is 12.1. The van der Waals surface area contributed by atoms with Crippen molar-refractivity contribution in [3.05, 3.63) is 35.9 Å². The number of hydrogen-bond acceptors (Lipinski definition) is 3. The number of piperidine rings is 1. The predicted octanol–water partition coefficient (Wildman–Crippen LogP) is 2.46. The zero-order chi connectivity index (χ0) is 13.3. The number of esters is 1. The fourth-order valence-corrected chi connectivity index (χ4v) is 3.13. The summed E-state index contributed by atoms with van der Waals surface area (Å²) in [4.78, 5) is 14.4. The highest BCUT2D eigenvalue weighted by atomic mass is 16.5. The van der Waals surface area contributed by atoms with Gasteiger partial charge in [-0.15, -0.1) is 0 Å². The molecule has 1 atom stereocenters. The van der Waals surface area contributed by atoms with E-state index in [-0.39, 0.29) is 17.3 Å². The first-order valence-electron chi connectivity index (χ1n) is 7.09. The lowest BCUT2D eigenvalue weighted by Crippen LogP contribution is -2.32. The van der Waals surface area contributed by atoms with Gasteiger partial charge in [-0.05, 0) is 50.4 Å². The van der Waals surface area contributed by atoms with Gasteiger partial charge in [0.2, 0.25) is 0 Å². The molecule has 3 nitrogen and oxygen atoms in total. The summed E-state index contributed by atoms with van der Waals surface area (Å²) in [6.45, 7) is 2.64. The summed E-state index contributed by atoms with van der Waals surface area (Å²) in [5, 5.41) is 0. The van der Waals surface area contributed by atoms with Gasteiger partial charge in [0.25, 0.3) is 0 Å². The third kappa shape index (κ3) is 2.66. The molecule has 2 aliphatic rings. The first kappa shape index (κ1) is 12.7. The lowest BCUT2D eigenvalue weighted by molar-refractivity contribution is -0.147. The molecule has 1 spiro atoms. The molecule has 0 aromatic heterocycles. The molecule has 1 aromatic rings. The Balaban J connectivity index is 1.50. The quantitative estimate of drug-likeness (QED) is 0.781. The van der Waals surface area contributed by atoms with E-state index < -0.39 is 0 Å². The van der Waals surface area contributed by atoms with Gasteiger partial charge in [0.1, 0.15) is 6.61 Å². The fraction of sp³-hybridized carbons (Fsp3) is 0.562. The standard InChI is InChI=1S/C16H21NO2/c1-17-9-7-16(8-10-17)11-14(16)15(18)19-12-13-5-3-2-4-6-13/h2-6,14H,7-12H2,1H3/t14-/m1/s1. The summed E-state index contributed by atoms with van der Waals surface area (Å²) in [6, 6.07) is 9.90. The van der Waals surface area contributed by atoms with E-state index in [1.165, 1.54) is 0 Å². The average Bonchev–Trinajstić information content (AvgIpc) is 3.15. The van der Waals surface area contributed by atoms with Crippen molar-refractivity contribution in [3.63, 3.8) is 0 Å². The van der Waals surface area contributed by atoms with Crippen LogP contribution >= 0.6 is 0 Å². The minimum Gasteiger partial charge on any atom is -0.461 e. The van der Waals surface area contributed by atoms with Gasteiger partial charge in [-0.1, -0.05) is 30.3 Å². The zero-order valence-electron chi connectivity index (χ0n) is 11.5. The van der Waals surface area contributed by atoms with Crippen molar-refractivity contribution >= 4 is 5.97 Å². The Labute approximate surface area is 114 Å². The van der Waals surface area contributed by atoms with Crippen LogP contribution in [0.15, 0.2) is 30.3 Å². The molecule has 1 heterocycles. The van der Waals surface area contributed by atoms with Crippen LogP contribution in [0.25, 0.3) is 0 Å². The lowest BCUT2D eigenvalue weighted by Gasteiger charge is -2.29. The summed E-state index contributed by atoms with van der Waals surface area (Å²) in [5.74, 6) is 0.165. The van der Waals surface area contributed by atoms with Crippen molar-refractivity contribution in [3.8, 4) is 0 Å². The Morgan fingerprint density at radius 3 is 2.68 bits per heavy atom. The van der Waals surface area contributed by atoms with Crippen LogP contribution in [0.4, 0.5) is 0 Å². The van der Waals surface area contributed by atoms with Crippen molar-refractivity contribution in [2.75, 3.05) is 20.1 Å². The van der Waals surface area contributed by atoms with Gasteiger partial charge in [0.15, 0.2) is 0 Å². The van der Waals surface area contributed by atoms with Gasteiger partial charge in [0, 0.05) is 0 Å². The molecule has 1 aromatic carbocycles. The summed E-state index contributed by atoms with van der Waals surface area (Å²) in [6.07, 6.45) is 3.33. The van der Waals surface area contributed by atoms with Crippen molar-refractivity contribution in [1.29, 1.82) is 0 Å². The molecule has 1 aliphatic heterocycles. The highest BCUT2D eigenvalue weighted by Gasteiger charge is 2.59. The monoisotopic (exact) mass is 259 g/mol. The molecule has 3 heteroatoms. The predicted molar refractivity (Wildman–Crippen MR) is 73.5 cm³/mol. The van der Waals surface area contributed by atoms with Crippen molar-refractivity contribution in [2.24, 2.45) is 11.3 Å². The van der Waals surface area contributed by atoms with Crippen LogP contribution in [0.3, 0.4) is 0 Å². The van der Waals surface area contributed by atoms with Gasteiger partial charge in [-0.25, -0.2) is 0 Å². The molecule has 0 unspecified atom stereocenters. The maximum Gasteiger partial charge on any atom is 0.309 e. The number of benzene rings is 1. The van der Waals surface area contributed by atoms with Crippen molar-refractivity contribution in [2.45, 2.75) is 25.9 Å². The summed E-state index contributed by atoms with van der Waals surface area (Å²) >= 11 is 0. The normalized spacial score (nSPS) is 25.2. The minimum absolute atomic E-state index is 0.00778. The Bertz CT molecular complexity index is 449. The first-order chi connectivity index (χ1) is 9.20. The van der Waals surface area contributed by atoms with Crippen LogP contribution in [-0.4, -0.2) is 31.0 Å². The second-order valence-electron chi connectivity index (χ2n) is 6.02.